The lowest BCUT2D eigenvalue weighted by molar-refractivity contribution is -0.125. The molecule has 0 saturated carbocycles. The van der Waals surface area contributed by atoms with Crippen molar-refractivity contribution in [1.82, 2.24) is 9.38 Å². The summed E-state index contributed by atoms with van der Waals surface area (Å²) in [5.41, 5.74) is 2.58. The molecule has 5 rings (SSSR count). The number of pyridine rings is 1. The van der Waals surface area contributed by atoms with Gasteiger partial charge in [-0.25, -0.2) is 22.2 Å². The normalized spacial score (nSPS) is 15.9. The Morgan fingerprint density at radius 1 is 1.09 bits per heavy atom. The van der Waals surface area contributed by atoms with Gasteiger partial charge in [0.15, 0.2) is 27.5 Å². The first-order valence-corrected chi connectivity index (χ1v) is 12.7. The highest BCUT2D eigenvalue weighted by atomic mass is 32.2. The van der Waals surface area contributed by atoms with E-state index < -0.39 is 27.6 Å². The van der Waals surface area contributed by atoms with Gasteiger partial charge in [-0.05, 0) is 43.7 Å². The second kappa shape index (κ2) is 8.16. The molecule has 1 aliphatic rings. The molecule has 1 atom stereocenters. The van der Waals surface area contributed by atoms with Crippen LogP contribution in [0.2, 0.25) is 0 Å². The van der Waals surface area contributed by atoms with Crippen LogP contribution in [0, 0.1) is 18.6 Å². The third kappa shape index (κ3) is 3.93. The van der Waals surface area contributed by atoms with Gasteiger partial charge in [0.25, 0.3) is 5.91 Å². The summed E-state index contributed by atoms with van der Waals surface area (Å²) < 4.78 is 60.1. The summed E-state index contributed by atoms with van der Waals surface area (Å²) in [5, 5.41) is 0. The summed E-state index contributed by atoms with van der Waals surface area (Å²) in [4.78, 5) is 19.0. The number of anilines is 1. The molecule has 2 aromatic carbocycles. The van der Waals surface area contributed by atoms with Crippen molar-refractivity contribution in [3.63, 3.8) is 0 Å². The van der Waals surface area contributed by atoms with Gasteiger partial charge in [0.2, 0.25) is 0 Å². The number of benzene rings is 2. The van der Waals surface area contributed by atoms with Crippen molar-refractivity contribution in [3.8, 4) is 16.9 Å². The number of ether oxygens (including phenoxy) is 1. The van der Waals surface area contributed by atoms with E-state index in [9.17, 15) is 22.0 Å². The topological polar surface area (TPSA) is 81.0 Å². The van der Waals surface area contributed by atoms with Gasteiger partial charge in [0.05, 0.1) is 28.5 Å². The van der Waals surface area contributed by atoms with E-state index in [-0.39, 0.29) is 28.7 Å². The van der Waals surface area contributed by atoms with Crippen molar-refractivity contribution < 1.29 is 26.7 Å². The van der Waals surface area contributed by atoms with Gasteiger partial charge >= 0.3 is 0 Å². The van der Waals surface area contributed by atoms with Gasteiger partial charge in [0.1, 0.15) is 11.5 Å². The molecule has 0 saturated heterocycles. The van der Waals surface area contributed by atoms with Crippen LogP contribution in [0.25, 0.3) is 16.8 Å². The van der Waals surface area contributed by atoms with Crippen LogP contribution in [0.3, 0.4) is 0 Å². The average Bonchev–Trinajstić information content (AvgIpc) is 3.10. The SMILES string of the molecule is Cc1nc2cc(F)c(-c3ccc(S(C)(=O)=O)cc3)cn2c1CN1C(=O)[C@@H](C)Oc2c(F)cccc21. The van der Waals surface area contributed by atoms with Gasteiger partial charge in [0, 0.05) is 24.1 Å². The Balaban J connectivity index is 1.60. The van der Waals surface area contributed by atoms with Gasteiger partial charge < -0.3 is 9.14 Å². The van der Waals surface area contributed by atoms with Gasteiger partial charge in [-0.3, -0.25) is 9.69 Å². The second-order valence-corrected chi connectivity index (χ2v) is 10.5. The molecule has 0 spiro atoms. The van der Waals surface area contributed by atoms with E-state index in [1.54, 1.807) is 30.5 Å². The first kappa shape index (κ1) is 23.0. The summed E-state index contributed by atoms with van der Waals surface area (Å²) in [6.07, 6.45) is 1.80. The molecule has 0 N–H and O–H groups in total. The maximum atomic E-state index is 15.0. The van der Waals surface area contributed by atoms with Crippen molar-refractivity contribution in [2.75, 3.05) is 11.2 Å². The number of para-hydroxylation sites is 1. The zero-order chi connectivity index (χ0) is 25.1. The van der Waals surface area contributed by atoms with E-state index in [0.717, 1.165) is 6.26 Å². The summed E-state index contributed by atoms with van der Waals surface area (Å²) in [6.45, 7) is 3.37. The number of imidazole rings is 1. The molecule has 10 heteroatoms. The van der Waals surface area contributed by atoms with E-state index in [0.29, 0.717) is 28.3 Å². The quantitative estimate of drug-likeness (QED) is 0.420. The monoisotopic (exact) mass is 497 g/mol. The second-order valence-electron chi connectivity index (χ2n) is 8.48. The molecule has 0 fully saturated rings. The fourth-order valence-electron chi connectivity index (χ4n) is 4.22. The summed E-state index contributed by atoms with van der Waals surface area (Å²) in [5.74, 6) is -1.42. The number of hydrogen-bond donors (Lipinski definition) is 0. The number of rotatable bonds is 4. The number of fused-ring (bicyclic) bond motifs is 2. The number of carbonyl (C=O) groups is 1. The molecule has 0 aliphatic carbocycles. The molecule has 0 radical (unpaired) electrons. The van der Waals surface area contributed by atoms with Crippen LogP contribution in [0.5, 0.6) is 5.75 Å². The Labute approximate surface area is 200 Å². The number of halogens is 2. The summed E-state index contributed by atoms with van der Waals surface area (Å²) >= 11 is 0. The summed E-state index contributed by atoms with van der Waals surface area (Å²) in [7, 11) is -3.39. The van der Waals surface area contributed by atoms with E-state index in [1.807, 2.05) is 0 Å². The predicted molar refractivity (Wildman–Crippen MR) is 126 cm³/mol. The number of carbonyl (C=O) groups excluding carboxylic acids is 1. The van der Waals surface area contributed by atoms with Crippen LogP contribution in [0.4, 0.5) is 14.5 Å². The fourth-order valence-corrected chi connectivity index (χ4v) is 4.85. The number of aromatic nitrogens is 2. The van der Waals surface area contributed by atoms with E-state index >= 15 is 0 Å². The molecule has 35 heavy (non-hydrogen) atoms. The highest BCUT2D eigenvalue weighted by Crippen LogP contribution is 2.37. The zero-order valence-electron chi connectivity index (χ0n) is 19.1. The molecule has 180 valence electrons. The minimum Gasteiger partial charge on any atom is -0.476 e. The first-order chi connectivity index (χ1) is 16.5. The van der Waals surface area contributed by atoms with Gasteiger partial charge in [-0.1, -0.05) is 18.2 Å². The molecular formula is C25H21F2N3O4S. The predicted octanol–water partition coefficient (Wildman–Crippen LogP) is 4.31. The van der Waals surface area contributed by atoms with E-state index in [2.05, 4.69) is 4.98 Å². The van der Waals surface area contributed by atoms with E-state index in [4.69, 9.17) is 4.74 Å². The average molecular weight is 498 g/mol. The third-order valence-electron chi connectivity index (χ3n) is 6.06. The van der Waals surface area contributed by atoms with Crippen molar-refractivity contribution >= 4 is 27.1 Å². The van der Waals surface area contributed by atoms with Crippen LogP contribution >= 0.6 is 0 Å². The number of aryl methyl sites for hydroxylation is 1. The van der Waals surface area contributed by atoms with E-state index in [1.165, 1.54) is 47.4 Å². The number of nitrogens with zero attached hydrogens (tertiary/aromatic N) is 3. The lowest BCUT2D eigenvalue weighted by Gasteiger charge is -2.33. The Morgan fingerprint density at radius 3 is 2.49 bits per heavy atom. The van der Waals surface area contributed by atoms with Crippen LogP contribution in [-0.2, 0) is 21.2 Å². The number of sulfone groups is 1. The molecule has 0 unspecified atom stereocenters. The van der Waals surface area contributed by atoms with Gasteiger partial charge in [-0.15, -0.1) is 0 Å². The Kier molecular flexibility index (Phi) is 5.36. The lowest BCUT2D eigenvalue weighted by Crippen LogP contribution is -2.44. The molecule has 4 aromatic rings. The van der Waals surface area contributed by atoms with Crippen molar-refractivity contribution in [2.24, 2.45) is 0 Å². The largest absolute Gasteiger partial charge is 0.476 e. The van der Waals surface area contributed by atoms with Crippen LogP contribution < -0.4 is 9.64 Å². The minimum absolute atomic E-state index is 0.00349. The van der Waals surface area contributed by atoms with Gasteiger partial charge in [-0.2, -0.15) is 0 Å². The van der Waals surface area contributed by atoms with Crippen LogP contribution in [-0.4, -0.2) is 36.1 Å². The Morgan fingerprint density at radius 2 is 1.80 bits per heavy atom. The smallest absolute Gasteiger partial charge is 0.268 e. The fraction of sp³-hybridized carbons (Fsp3) is 0.200. The molecule has 2 aromatic heterocycles. The molecule has 1 amide bonds. The van der Waals surface area contributed by atoms with Crippen molar-refractivity contribution in [1.29, 1.82) is 0 Å². The van der Waals surface area contributed by atoms with Crippen LogP contribution in [0.15, 0.2) is 59.6 Å². The maximum absolute atomic E-state index is 15.0. The molecule has 1 aliphatic heterocycles. The maximum Gasteiger partial charge on any atom is 0.268 e. The standard InChI is InChI=1S/C25H21F2N3O4S/c1-14-22(13-30-21-6-4-5-19(26)24(21)34-15(2)25(30)31)29-12-18(20(27)11-23(29)28-14)16-7-9-17(10-8-16)35(3,32)33/h4-12,15H,13H2,1-3H3/t15-/m1/s1. The Hall–Kier alpha value is -3.79. The molecule has 3 heterocycles. The molecular weight excluding hydrogens is 476 g/mol. The van der Waals surface area contributed by atoms with Crippen LogP contribution in [0.1, 0.15) is 18.3 Å². The molecule has 0 bridgehead atoms. The highest BCUT2D eigenvalue weighted by molar-refractivity contribution is 7.90. The third-order valence-corrected chi connectivity index (χ3v) is 7.18. The number of amides is 1. The number of hydrogen-bond acceptors (Lipinski definition) is 5. The molecule has 7 nitrogen and oxygen atoms in total. The summed E-state index contributed by atoms with van der Waals surface area (Å²) in [6, 6.07) is 11.6. The van der Waals surface area contributed by atoms with Crippen molar-refractivity contribution in [2.45, 2.75) is 31.4 Å². The zero-order valence-corrected chi connectivity index (χ0v) is 19.9. The first-order valence-electron chi connectivity index (χ1n) is 10.8. The minimum atomic E-state index is -3.39. The lowest BCUT2D eigenvalue weighted by atomic mass is 10.1. The van der Waals surface area contributed by atoms with Crippen molar-refractivity contribution in [3.05, 3.63) is 77.8 Å². The highest BCUT2D eigenvalue weighted by Gasteiger charge is 2.34. The Bertz CT molecular complexity index is 1600.